The largest absolute Gasteiger partial charge is 0.459 e. The van der Waals surface area contributed by atoms with Crippen LogP contribution in [0.15, 0.2) is 77.7 Å². The van der Waals surface area contributed by atoms with Gasteiger partial charge in [-0.25, -0.2) is 4.68 Å². The Hall–Kier alpha value is -4.27. The molecule has 2 heterocycles. The van der Waals surface area contributed by atoms with Crippen molar-refractivity contribution in [3.8, 4) is 5.69 Å². The molecular formula is C19H14N6O3. The van der Waals surface area contributed by atoms with Crippen LogP contribution in [0.1, 0.15) is 20.9 Å². The maximum Gasteiger partial charge on any atom is 0.291 e. The number of tetrazole rings is 1. The van der Waals surface area contributed by atoms with Gasteiger partial charge in [-0.3, -0.25) is 9.59 Å². The minimum absolute atomic E-state index is 0.192. The summed E-state index contributed by atoms with van der Waals surface area (Å²) in [7, 11) is 0. The second-order valence-corrected chi connectivity index (χ2v) is 5.77. The van der Waals surface area contributed by atoms with E-state index >= 15 is 0 Å². The number of carbonyl (C=O) groups is 2. The van der Waals surface area contributed by atoms with Crippen LogP contribution in [-0.2, 0) is 0 Å². The van der Waals surface area contributed by atoms with Gasteiger partial charge >= 0.3 is 0 Å². The summed E-state index contributed by atoms with van der Waals surface area (Å²) in [5.41, 5.74) is 2.28. The fraction of sp³-hybridized carbons (Fsp3) is 0. The van der Waals surface area contributed by atoms with Crippen LogP contribution in [0.4, 0.5) is 11.4 Å². The Morgan fingerprint density at radius 1 is 0.893 bits per heavy atom. The van der Waals surface area contributed by atoms with Crippen LogP contribution in [-0.4, -0.2) is 32.0 Å². The van der Waals surface area contributed by atoms with Crippen LogP contribution in [0, 0.1) is 0 Å². The van der Waals surface area contributed by atoms with Crippen LogP contribution in [0.3, 0.4) is 0 Å². The van der Waals surface area contributed by atoms with E-state index in [1.165, 1.54) is 17.3 Å². The van der Waals surface area contributed by atoms with E-state index in [-0.39, 0.29) is 17.6 Å². The minimum Gasteiger partial charge on any atom is -0.459 e. The van der Waals surface area contributed by atoms with E-state index in [9.17, 15) is 9.59 Å². The summed E-state index contributed by atoms with van der Waals surface area (Å²) in [5.74, 6) is -0.498. The Kier molecular flexibility index (Phi) is 4.62. The standard InChI is InChI=1S/C19H14N6O3/c26-18(21-14-6-8-16(9-7-14)25-12-20-23-24-25)13-3-1-4-15(11-13)22-19(27)17-5-2-10-28-17/h1-12H,(H,21,26)(H,22,27). The summed E-state index contributed by atoms with van der Waals surface area (Å²) in [6.45, 7) is 0. The molecular weight excluding hydrogens is 360 g/mol. The van der Waals surface area contributed by atoms with Gasteiger partial charge in [-0.1, -0.05) is 6.07 Å². The summed E-state index contributed by atoms with van der Waals surface area (Å²) in [5, 5.41) is 16.5. The number of anilines is 2. The van der Waals surface area contributed by atoms with Gasteiger partial charge in [-0.05, 0) is 65.0 Å². The highest BCUT2D eigenvalue weighted by atomic mass is 16.3. The second kappa shape index (κ2) is 7.54. The van der Waals surface area contributed by atoms with Gasteiger partial charge in [0.15, 0.2) is 5.76 Å². The highest BCUT2D eigenvalue weighted by Crippen LogP contribution is 2.16. The number of hydrogen-bond acceptors (Lipinski definition) is 6. The lowest BCUT2D eigenvalue weighted by atomic mass is 10.1. The van der Waals surface area contributed by atoms with E-state index in [1.807, 2.05) is 0 Å². The van der Waals surface area contributed by atoms with E-state index in [0.29, 0.717) is 16.9 Å². The second-order valence-electron chi connectivity index (χ2n) is 5.77. The minimum atomic E-state index is -0.388. The molecule has 4 aromatic rings. The van der Waals surface area contributed by atoms with Gasteiger partial charge < -0.3 is 15.1 Å². The van der Waals surface area contributed by atoms with E-state index in [1.54, 1.807) is 60.7 Å². The topological polar surface area (TPSA) is 115 Å². The normalized spacial score (nSPS) is 10.4. The molecule has 0 atom stereocenters. The number of carbonyl (C=O) groups excluding carboxylic acids is 2. The molecule has 0 aliphatic rings. The van der Waals surface area contributed by atoms with Gasteiger partial charge in [0.05, 0.1) is 12.0 Å². The molecule has 2 N–H and O–H groups in total. The summed E-state index contributed by atoms with van der Waals surface area (Å²) >= 11 is 0. The third-order valence-corrected chi connectivity index (χ3v) is 3.87. The van der Waals surface area contributed by atoms with Gasteiger partial charge in [0, 0.05) is 16.9 Å². The SMILES string of the molecule is O=C(Nc1ccc(-n2cnnn2)cc1)c1cccc(NC(=O)c2ccco2)c1. The summed E-state index contributed by atoms with van der Waals surface area (Å²) in [6, 6.07) is 16.9. The van der Waals surface area contributed by atoms with E-state index in [0.717, 1.165) is 5.69 Å². The molecule has 138 valence electrons. The van der Waals surface area contributed by atoms with Gasteiger partial charge in [-0.2, -0.15) is 0 Å². The van der Waals surface area contributed by atoms with Crippen molar-refractivity contribution in [1.82, 2.24) is 20.2 Å². The maximum atomic E-state index is 12.5. The Bertz CT molecular complexity index is 1090. The molecule has 0 saturated carbocycles. The van der Waals surface area contributed by atoms with Gasteiger partial charge in [0.1, 0.15) is 6.33 Å². The van der Waals surface area contributed by atoms with Crippen molar-refractivity contribution in [2.75, 3.05) is 10.6 Å². The average molecular weight is 374 g/mol. The molecule has 9 nitrogen and oxygen atoms in total. The number of aromatic nitrogens is 4. The van der Waals surface area contributed by atoms with Crippen molar-refractivity contribution in [2.45, 2.75) is 0 Å². The molecule has 0 radical (unpaired) electrons. The van der Waals surface area contributed by atoms with E-state index in [2.05, 4.69) is 26.2 Å². The predicted octanol–water partition coefficient (Wildman–Crippen LogP) is 2.76. The quantitative estimate of drug-likeness (QED) is 0.555. The first kappa shape index (κ1) is 17.2. The number of furan rings is 1. The zero-order chi connectivity index (χ0) is 19.3. The lowest BCUT2D eigenvalue weighted by Crippen LogP contribution is -2.14. The highest BCUT2D eigenvalue weighted by Gasteiger charge is 2.11. The molecule has 0 bridgehead atoms. The molecule has 0 aliphatic carbocycles. The lowest BCUT2D eigenvalue weighted by molar-refractivity contribution is 0.0993. The van der Waals surface area contributed by atoms with Gasteiger partial charge in [0.25, 0.3) is 11.8 Å². The number of nitrogens with zero attached hydrogens (tertiary/aromatic N) is 4. The van der Waals surface area contributed by atoms with Crippen molar-refractivity contribution in [3.63, 3.8) is 0 Å². The fourth-order valence-electron chi connectivity index (χ4n) is 2.52. The maximum absolute atomic E-state index is 12.5. The number of rotatable bonds is 5. The number of hydrogen-bond donors (Lipinski definition) is 2. The van der Waals surface area contributed by atoms with Crippen molar-refractivity contribution in [1.29, 1.82) is 0 Å². The zero-order valence-electron chi connectivity index (χ0n) is 14.4. The first-order valence-corrected chi connectivity index (χ1v) is 8.29. The van der Waals surface area contributed by atoms with E-state index < -0.39 is 0 Å². The smallest absolute Gasteiger partial charge is 0.291 e. The van der Waals surface area contributed by atoms with Gasteiger partial charge in [0.2, 0.25) is 0 Å². The third-order valence-electron chi connectivity index (χ3n) is 3.87. The van der Waals surface area contributed by atoms with E-state index in [4.69, 9.17) is 4.42 Å². The molecule has 0 saturated heterocycles. The van der Waals surface area contributed by atoms with Crippen LogP contribution < -0.4 is 10.6 Å². The summed E-state index contributed by atoms with van der Waals surface area (Å²) in [6.07, 6.45) is 2.90. The van der Waals surface area contributed by atoms with Crippen molar-refractivity contribution >= 4 is 23.2 Å². The summed E-state index contributed by atoms with van der Waals surface area (Å²) < 4.78 is 6.57. The Balaban J connectivity index is 1.44. The molecule has 28 heavy (non-hydrogen) atoms. The van der Waals surface area contributed by atoms with Crippen molar-refractivity contribution in [2.24, 2.45) is 0 Å². The molecule has 4 rings (SSSR count). The number of amides is 2. The predicted molar refractivity (Wildman–Crippen MR) is 100 cm³/mol. The molecule has 0 unspecified atom stereocenters. The van der Waals surface area contributed by atoms with Gasteiger partial charge in [-0.15, -0.1) is 5.10 Å². The molecule has 9 heteroatoms. The zero-order valence-corrected chi connectivity index (χ0v) is 14.4. The molecule has 2 aromatic carbocycles. The lowest BCUT2D eigenvalue weighted by Gasteiger charge is -2.08. The molecule has 2 aromatic heterocycles. The first-order chi connectivity index (χ1) is 13.7. The molecule has 0 aliphatic heterocycles. The first-order valence-electron chi connectivity index (χ1n) is 8.29. The van der Waals surface area contributed by atoms with Crippen LogP contribution in [0.25, 0.3) is 5.69 Å². The summed E-state index contributed by atoms with van der Waals surface area (Å²) in [4.78, 5) is 24.6. The molecule has 0 fully saturated rings. The molecule has 0 spiro atoms. The average Bonchev–Trinajstić information content (AvgIpc) is 3.43. The van der Waals surface area contributed by atoms with Crippen molar-refractivity contribution in [3.05, 3.63) is 84.6 Å². The number of benzene rings is 2. The Morgan fingerprint density at radius 3 is 2.43 bits per heavy atom. The fourth-order valence-corrected chi connectivity index (χ4v) is 2.52. The third kappa shape index (κ3) is 3.78. The highest BCUT2D eigenvalue weighted by molar-refractivity contribution is 6.06. The van der Waals surface area contributed by atoms with Crippen LogP contribution in [0.5, 0.6) is 0 Å². The van der Waals surface area contributed by atoms with Crippen molar-refractivity contribution < 1.29 is 14.0 Å². The van der Waals surface area contributed by atoms with Crippen LogP contribution >= 0.6 is 0 Å². The van der Waals surface area contributed by atoms with Crippen LogP contribution in [0.2, 0.25) is 0 Å². The number of nitrogens with one attached hydrogen (secondary N) is 2. The Labute approximate surface area is 159 Å². The monoisotopic (exact) mass is 374 g/mol. The molecule has 2 amide bonds. The Morgan fingerprint density at radius 2 is 1.71 bits per heavy atom.